The van der Waals surface area contributed by atoms with Crippen molar-refractivity contribution in [3.05, 3.63) is 24.3 Å². The minimum atomic E-state index is -4.76. The Morgan fingerprint density at radius 3 is 2.43 bits per heavy atom. The summed E-state index contributed by atoms with van der Waals surface area (Å²) in [6.07, 6.45) is 0. The van der Waals surface area contributed by atoms with E-state index in [1.54, 1.807) is 0 Å². The molecule has 0 amide bonds. The maximum Gasteiger partial charge on any atom is 1.00 e. The van der Waals surface area contributed by atoms with Crippen LogP contribution in [0, 0.1) is 0 Å². The number of phenolic OH excluding ortho intramolecular Hbond substituents is 1. The molecule has 14 heavy (non-hydrogen) atoms. The van der Waals surface area contributed by atoms with Gasteiger partial charge in [-0.05, 0) is 23.9 Å². The zero-order valence-electron chi connectivity index (χ0n) is 7.58. The van der Waals surface area contributed by atoms with Crippen molar-refractivity contribution in [3.8, 4) is 5.75 Å². The van der Waals surface area contributed by atoms with Crippen molar-refractivity contribution >= 4 is 18.7 Å². The number of hydrogen-bond donors (Lipinski definition) is 1. The summed E-state index contributed by atoms with van der Waals surface area (Å²) >= 11 is 0.684. The summed E-state index contributed by atoms with van der Waals surface area (Å²) in [6.45, 7) is -4.76. The summed E-state index contributed by atoms with van der Waals surface area (Å²) in [5, 5.41) is 8.95. The molecule has 0 heterocycles. The van der Waals surface area contributed by atoms with Gasteiger partial charge in [0.2, 0.25) is 0 Å². The first-order valence-corrected chi connectivity index (χ1v) is 4.59. The Balaban J connectivity index is 0.00000169. The van der Waals surface area contributed by atoms with Crippen LogP contribution in [0.4, 0.5) is 12.9 Å². The molecule has 0 aliphatic heterocycles. The van der Waals surface area contributed by atoms with Gasteiger partial charge in [-0.1, -0.05) is 6.07 Å². The Labute approximate surface area is 127 Å². The van der Waals surface area contributed by atoms with E-state index in [2.05, 4.69) is 0 Å². The summed E-state index contributed by atoms with van der Waals surface area (Å²) in [5.74, 6) is -0.0142. The maximum absolute atomic E-state index is 11.8. The average molecular weight is 246 g/mol. The molecule has 0 aliphatic carbocycles. The van der Waals surface area contributed by atoms with E-state index in [0.29, 0.717) is 16.7 Å². The first-order valence-electron chi connectivity index (χ1n) is 3.60. The van der Waals surface area contributed by atoms with Gasteiger partial charge in [0.1, 0.15) is 5.75 Å². The molecular formula is C7H7BF3KOS. The van der Waals surface area contributed by atoms with E-state index in [-0.39, 0.29) is 57.1 Å². The molecule has 0 unspecified atom stereocenters. The maximum atomic E-state index is 11.8. The summed E-state index contributed by atoms with van der Waals surface area (Å²) in [6, 6.07) is 5.78. The van der Waals surface area contributed by atoms with Gasteiger partial charge in [-0.3, -0.25) is 0 Å². The van der Waals surface area contributed by atoms with Gasteiger partial charge in [0.05, 0.1) is 0 Å². The minimum Gasteiger partial charge on any atom is -0.508 e. The fourth-order valence-electron chi connectivity index (χ4n) is 0.764. The molecule has 72 valence electrons. The van der Waals surface area contributed by atoms with E-state index in [9.17, 15) is 12.9 Å². The Morgan fingerprint density at radius 1 is 1.29 bits per heavy atom. The van der Waals surface area contributed by atoms with Crippen LogP contribution >= 0.6 is 11.8 Å². The number of rotatable bonds is 3. The predicted molar refractivity (Wildman–Crippen MR) is 47.9 cm³/mol. The Kier molecular flexibility index (Phi) is 6.84. The topological polar surface area (TPSA) is 20.2 Å². The second kappa shape index (κ2) is 6.45. The smallest absolute Gasteiger partial charge is 0.508 e. The summed E-state index contributed by atoms with van der Waals surface area (Å²) in [5.41, 5.74) is -0.872. The number of halogens is 3. The van der Waals surface area contributed by atoms with Crippen LogP contribution in [0.2, 0.25) is 0 Å². The third-order valence-corrected chi connectivity index (χ3v) is 2.39. The third-order valence-electron chi connectivity index (χ3n) is 1.26. The van der Waals surface area contributed by atoms with Gasteiger partial charge in [0, 0.05) is 4.90 Å². The molecule has 0 aliphatic rings. The molecule has 1 rings (SSSR count). The van der Waals surface area contributed by atoms with Crippen LogP contribution in [-0.4, -0.2) is 17.7 Å². The molecule has 0 saturated heterocycles. The molecule has 0 saturated carbocycles. The summed E-state index contributed by atoms with van der Waals surface area (Å²) in [7, 11) is 0. The van der Waals surface area contributed by atoms with Crippen molar-refractivity contribution in [1.29, 1.82) is 0 Å². The Bertz CT molecular complexity index is 295. The van der Waals surface area contributed by atoms with Gasteiger partial charge in [0.25, 0.3) is 0 Å². The van der Waals surface area contributed by atoms with E-state index in [4.69, 9.17) is 5.11 Å². The fourth-order valence-corrected chi connectivity index (χ4v) is 1.52. The van der Waals surface area contributed by atoms with Gasteiger partial charge >= 0.3 is 58.4 Å². The largest absolute Gasteiger partial charge is 1.00 e. The number of aromatic hydroxyl groups is 1. The molecular weight excluding hydrogens is 239 g/mol. The second-order valence-corrected chi connectivity index (χ2v) is 3.61. The second-order valence-electron chi connectivity index (χ2n) is 2.52. The van der Waals surface area contributed by atoms with Crippen LogP contribution in [0.3, 0.4) is 0 Å². The molecule has 1 nitrogen and oxygen atoms in total. The first kappa shape index (κ1) is 14.9. The van der Waals surface area contributed by atoms with Crippen molar-refractivity contribution < 1.29 is 69.4 Å². The van der Waals surface area contributed by atoms with Crippen molar-refractivity contribution in [1.82, 2.24) is 0 Å². The van der Waals surface area contributed by atoms with Crippen molar-refractivity contribution in [2.75, 3.05) is 5.65 Å². The van der Waals surface area contributed by atoms with Gasteiger partial charge in [-0.2, -0.15) is 11.8 Å². The summed E-state index contributed by atoms with van der Waals surface area (Å²) in [4.78, 5) is 0.430. The van der Waals surface area contributed by atoms with Crippen LogP contribution in [0.5, 0.6) is 5.75 Å². The zero-order valence-corrected chi connectivity index (χ0v) is 11.5. The van der Waals surface area contributed by atoms with Gasteiger partial charge < -0.3 is 18.1 Å². The number of thioether (sulfide) groups is 1. The third kappa shape index (κ3) is 6.36. The van der Waals surface area contributed by atoms with Crippen LogP contribution in [0.15, 0.2) is 29.2 Å². The molecule has 7 heteroatoms. The SMILES string of the molecule is Oc1cccc(SC[B-](F)(F)F)c1.[K+]. The molecule has 0 atom stereocenters. The molecule has 0 aromatic heterocycles. The number of phenols is 1. The normalized spacial score (nSPS) is 10.8. The van der Waals surface area contributed by atoms with Crippen molar-refractivity contribution in [2.24, 2.45) is 0 Å². The molecule has 0 fully saturated rings. The number of hydrogen-bond acceptors (Lipinski definition) is 2. The van der Waals surface area contributed by atoms with Crippen LogP contribution in [-0.2, 0) is 0 Å². The van der Waals surface area contributed by atoms with Crippen LogP contribution in [0.25, 0.3) is 0 Å². The van der Waals surface area contributed by atoms with E-state index < -0.39 is 12.6 Å². The van der Waals surface area contributed by atoms with Gasteiger partial charge in [-0.15, -0.1) is 0 Å². The minimum absolute atomic E-state index is 0. The van der Waals surface area contributed by atoms with Crippen molar-refractivity contribution in [2.45, 2.75) is 4.90 Å². The number of benzene rings is 1. The fraction of sp³-hybridized carbons (Fsp3) is 0.143. The first-order chi connectivity index (χ1) is 5.97. The molecule has 1 aromatic carbocycles. The van der Waals surface area contributed by atoms with E-state index in [1.807, 2.05) is 0 Å². The van der Waals surface area contributed by atoms with Gasteiger partial charge in [-0.25, -0.2) is 0 Å². The quantitative estimate of drug-likeness (QED) is 0.592. The standard InChI is InChI=1S/C7H7BF3OS.K/c9-8(10,11)5-13-7-3-1-2-6(12)4-7;/h1-4,12H,5H2;/q-1;+1. The van der Waals surface area contributed by atoms with E-state index >= 15 is 0 Å². The zero-order chi connectivity index (χ0) is 9.90. The molecule has 1 N–H and O–H groups in total. The van der Waals surface area contributed by atoms with Gasteiger partial charge in [0.15, 0.2) is 0 Å². The predicted octanol–water partition coefficient (Wildman–Crippen LogP) is -0.125. The molecule has 0 bridgehead atoms. The molecule has 0 radical (unpaired) electrons. The monoisotopic (exact) mass is 246 g/mol. The molecule has 1 aromatic rings. The van der Waals surface area contributed by atoms with Crippen molar-refractivity contribution in [3.63, 3.8) is 0 Å². The Morgan fingerprint density at radius 2 is 1.93 bits per heavy atom. The van der Waals surface area contributed by atoms with Crippen LogP contribution < -0.4 is 51.4 Å². The van der Waals surface area contributed by atoms with E-state index in [0.717, 1.165) is 0 Å². The summed E-state index contributed by atoms with van der Waals surface area (Å²) < 4.78 is 35.5. The van der Waals surface area contributed by atoms with E-state index in [1.165, 1.54) is 24.3 Å². The average Bonchev–Trinajstić information content (AvgIpc) is 2.00. The Hall–Kier alpha value is 0.861. The molecule has 0 spiro atoms. The van der Waals surface area contributed by atoms with Crippen LogP contribution in [0.1, 0.15) is 0 Å².